The minimum absolute atomic E-state index is 0.0488. The molecule has 0 aliphatic rings. The predicted octanol–water partition coefficient (Wildman–Crippen LogP) is 4.12. The second-order valence-electron chi connectivity index (χ2n) is 5.36. The molecule has 116 valence electrons. The van der Waals surface area contributed by atoms with Crippen LogP contribution in [0.2, 0.25) is 5.02 Å². The van der Waals surface area contributed by atoms with E-state index >= 15 is 0 Å². The van der Waals surface area contributed by atoms with E-state index in [1.807, 2.05) is 55.5 Å². The Hall–Kier alpha value is -2.59. The van der Waals surface area contributed by atoms with Crippen molar-refractivity contribution >= 4 is 17.6 Å². The van der Waals surface area contributed by atoms with Crippen LogP contribution in [0, 0.1) is 6.92 Å². The molecular weight excluding hydrogens is 312 g/mol. The average molecular weight is 327 g/mol. The summed E-state index contributed by atoms with van der Waals surface area (Å²) in [4.78, 5) is 11.0. The van der Waals surface area contributed by atoms with Gasteiger partial charge in [0.2, 0.25) is 0 Å². The Balaban J connectivity index is 1.82. The van der Waals surface area contributed by atoms with Gasteiger partial charge < -0.3 is 5.11 Å². The van der Waals surface area contributed by atoms with Crippen molar-refractivity contribution in [3.8, 4) is 5.69 Å². The lowest BCUT2D eigenvalue weighted by Gasteiger charge is -2.06. The fraction of sp³-hybridized carbons (Fsp3) is 0.111. The van der Waals surface area contributed by atoms with Crippen LogP contribution in [0.25, 0.3) is 5.69 Å². The Morgan fingerprint density at radius 2 is 1.65 bits per heavy atom. The molecule has 0 unspecified atom stereocenters. The molecule has 0 saturated carbocycles. The van der Waals surface area contributed by atoms with Gasteiger partial charge >= 0.3 is 5.97 Å². The summed E-state index contributed by atoms with van der Waals surface area (Å²) in [7, 11) is 0. The first kappa shape index (κ1) is 15.3. The van der Waals surface area contributed by atoms with Crippen LogP contribution in [-0.4, -0.2) is 20.9 Å². The highest BCUT2D eigenvalue weighted by Gasteiger charge is 2.11. The van der Waals surface area contributed by atoms with Crippen molar-refractivity contribution in [2.45, 2.75) is 13.3 Å². The van der Waals surface area contributed by atoms with Crippen LogP contribution in [0.1, 0.15) is 27.3 Å². The summed E-state index contributed by atoms with van der Waals surface area (Å²) in [6, 6.07) is 17.3. The molecule has 23 heavy (non-hydrogen) atoms. The van der Waals surface area contributed by atoms with Crippen molar-refractivity contribution in [2.24, 2.45) is 0 Å². The minimum Gasteiger partial charge on any atom is -0.476 e. The van der Waals surface area contributed by atoms with E-state index in [9.17, 15) is 4.79 Å². The molecule has 0 radical (unpaired) electrons. The van der Waals surface area contributed by atoms with Gasteiger partial charge in [-0.2, -0.15) is 5.10 Å². The predicted molar refractivity (Wildman–Crippen MR) is 89.5 cm³/mol. The highest BCUT2D eigenvalue weighted by molar-refractivity contribution is 6.30. The maximum atomic E-state index is 11.0. The molecule has 4 nitrogen and oxygen atoms in total. The van der Waals surface area contributed by atoms with Crippen molar-refractivity contribution in [1.29, 1.82) is 0 Å². The van der Waals surface area contributed by atoms with Crippen LogP contribution in [0.4, 0.5) is 0 Å². The molecule has 0 fully saturated rings. The van der Waals surface area contributed by atoms with Gasteiger partial charge in [0.15, 0.2) is 5.69 Å². The number of benzene rings is 2. The van der Waals surface area contributed by atoms with Gasteiger partial charge in [0.25, 0.3) is 0 Å². The van der Waals surface area contributed by atoms with Crippen molar-refractivity contribution in [1.82, 2.24) is 9.78 Å². The fourth-order valence-electron chi connectivity index (χ4n) is 2.43. The smallest absolute Gasteiger partial charge is 0.356 e. The highest BCUT2D eigenvalue weighted by Crippen LogP contribution is 2.17. The first-order valence-corrected chi connectivity index (χ1v) is 7.54. The van der Waals surface area contributed by atoms with E-state index in [1.54, 1.807) is 10.7 Å². The zero-order valence-electron chi connectivity index (χ0n) is 12.5. The van der Waals surface area contributed by atoms with Crippen LogP contribution in [0.5, 0.6) is 0 Å². The number of nitrogens with zero attached hydrogens (tertiary/aromatic N) is 2. The van der Waals surface area contributed by atoms with Crippen LogP contribution < -0.4 is 0 Å². The normalized spacial score (nSPS) is 10.7. The van der Waals surface area contributed by atoms with Crippen molar-refractivity contribution < 1.29 is 9.90 Å². The average Bonchev–Trinajstić information content (AvgIpc) is 2.93. The second kappa shape index (κ2) is 6.26. The Kier molecular flexibility index (Phi) is 4.17. The van der Waals surface area contributed by atoms with E-state index in [4.69, 9.17) is 16.7 Å². The van der Waals surface area contributed by atoms with Crippen molar-refractivity contribution in [2.75, 3.05) is 0 Å². The molecule has 0 atom stereocenters. The van der Waals surface area contributed by atoms with E-state index < -0.39 is 5.97 Å². The quantitative estimate of drug-likeness (QED) is 0.784. The molecule has 1 heterocycles. The molecule has 1 N–H and O–H groups in total. The Labute approximate surface area is 139 Å². The minimum atomic E-state index is -1.02. The molecule has 1 aromatic heterocycles. The third-order valence-corrected chi connectivity index (χ3v) is 3.86. The third kappa shape index (κ3) is 3.43. The van der Waals surface area contributed by atoms with Gasteiger partial charge in [-0.3, -0.25) is 0 Å². The van der Waals surface area contributed by atoms with E-state index in [0.717, 1.165) is 22.8 Å². The molecule has 0 amide bonds. The van der Waals surface area contributed by atoms with Crippen LogP contribution in [-0.2, 0) is 6.42 Å². The number of hydrogen-bond acceptors (Lipinski definition) is 2. The summed E-state index contributed by atoms with van der Waals surface area (Å²) < 4.78 is 1.63. The number of aromatic nitrogens is 2. The number of carboxylic acid groups (broad SMARTS) is 1. The SMILES string of the molecule is Cc1cc(C(=O)O)nn1-c1ccc(Cc2ccc(Cl)cc2)cc1. The molecule has 3 aromatic rings. The number of aryl methyl sites for hydroxylation is 1. The molecular formula is C18H15ClN2O2. The summed E-state index contributed by atoms with van der Waals surface area (Å²) in [5.41, 5.74) is 4.03. The lowest BCUT2D eigenvalue weighted by Crippen LogP contribution is -2.02. The maximum absolute atomic E-state index is 11.0. The Morgan fingerprint density at radius 3 is 2.17 bits per heavy atom. The number of aromatic carboxylic acids is 1. The van der Waals surface area contributed by atoms with Crippen molar-refractivity contribution in [3.63, 3.8) is 0 Å². The number of hydrogen-bond donors (Lipinski definition) is 1. The first-order valence-electron chi connectivity index (χ1n) is 7.16. The zero-order chi connectivity index (χ0) is 16.4. The summed E-state index contributed by atoms with van der Waals surface area (Å²) in [6.45, 7) is 1.83. The second-order valence-corrected chi connectivity index (χ2v) is 5.79. The maximum Gasteiger partial charge on any atom is 0.356 e. The van der Waals surface area contributed by atoms with Crippen LogP contribution in [0.15, 0.2) is 54.6 Å². The van der Waals surface area contributed by atoms with Crippen molar-refractivity contribution in [3.05, 3.63) is 82.1 Å². The summed E-state index contributed by atoms with van der Waals surface area (Å²) in [6.07, 6.45) is 0.815. The Bertz CT molecular complexity index is 836. The molecule has 2 aromatic carbocycles. The summed E-state index contributed by atoms with van der Waals surface area (Å²) >= 11 is 5.89. The monoisotopic (exact) mass is 326 g/mol. The largest absolute Gasteiger partial charge is 0.476 e. The van der Waals surface area contributed by atoms with Crippen LogP contribution in [0.3, 0.4) is 0 Å². The Morgan fingerprint density at radius 1 is 1.09 bits per heavy atom. The molecule has 5 heteroatoms. The first-order chi connectivity index (χ1) is 11.0. The molecule has 0 aliphatic heterocycles. The summed E-state index contributed by atoms with van der Waals surface area (Å²) in [5.74, 6) is -1.02. The molecule has 0 spiro atoms. The number of carboxylic acids is 1. The topological polar surface area (TPSA) is 55.1 Å². The van der Waals surface area contributed by atoms with E-state index in [2.05, 4.69) is 5.10 Å². The standard InChI is InChI=1S/C18H15ClN2O2/c1-12-10-17(18(22)23)20-21(12)16-8-4-14(5-9-16)11-13-2-6-15(19)7-3-13/h2-10H,11H2,1H3,(H,22,23). The zero-order valence-corrected chi connectivity index (χ0v) is 13.3. The molecule has 0 aliphatic carbocycles. The molecule has 3 rings (SSSR count). The van der Waals surface area contributed by atoms with E-state index in [0.29, 0.717) is 0 Å². The third-order valence-electron chi connectivity index (χ3n) is 3.61. The summed E-state index contributed by atoms with van der Waals surface area (Å²) in [5, 5.41) is 13.8. The van der Waals surface area contributed by atoms with Gasteiger partial charge in [-0.25, -0.2) is 9.48 Å². The van der Waals surface area contributed by atoms with Gasteiger partial charge in [0.05, 0.1) is 5.69 Å². The fourth-order valence-corrected chi connectivity index (χ4v) is 2.56. The molecule has 0 saturated heterocycles. The lowest BCUT2D eigenvalue weighted by molar-refractivity contribution is 0.0690. The van der Waals surface area contributed by atoms with Crippen LogP contribution >= 0.6 is 11.6 Å². The van der Waals surface area contributed by atoms with Gasteiger partial charge in [-0.1, -0.05) is 35.9 Å². The number of halogens is 1. The van der Waals surface area contributed by atoms with Gasteiger partial charge in [-0.05, 0) is 54.8 Å². The van der Waals surface area contributed by atoms with E-state index in [-0.39, 0.29) is 5.69 Å². The lowest BCUT2D eigenvalue weighted by atomic mass is 10.0. The van der Waals surface area contributed by atoms with Gasteiger partial charge in [-0.15, -0.1) is 0 Å². The van der Waals surface area contributed by atoms with E-state index in [1.165, 1.54) is 11.1 Å². The van der Waals surface area contributed by atoms with Gasteiger partial charge in [0, 0.05) is 10.7 Å². The number of carbonyl (C=O) groups is 1. The van der Waals surface area contributed by atoms with Gasteiger partial charge in [0.1, 0.15) is 0 Å². The number of rotatable bonds is 4. The molecule has 0 bridgehead atoms. The highest BCUT2D eigenvalue weighted by atomic mass is 35.5.